The Balaban J connectivity index is 2.57. The zero-order chi connectivity index (χ0) is 12.8. The second-order valence-corrected chi connectivity index (χ2v) is 4.44. The van der Waals surface area contributed by atoms with Gasteiger partial charge in [0, 0.05) is 17.0 Å². The van der Waals surface area contributed by atoms with E-state index in [0.29, 0.717) is 23.6 Å². The molecule has 0 aliphatic carbocycles. The van der Waals surface area contributed by atoms with Crippen LogP contribution in [-0.4, -0.2) is 12.6 Å². The molecule has 0 radical (unpaired) electrons. The normalized spacial score (nSPS) is 12.2. The number of carbonyl (C=O) groups excluding carboxylic acids is 1. The number of rotatable bonds is 5. The monoisotopic (exact) mass is 278 g/mol. The number of carbonyl (C=O) groups is 1. The lowest BCUT2D eigenvalue weighted by Gasteiger charge is -2.10. The first-order valence-electron chi connectivity index (χ1n) is 5.29. The van der Waals surface area contributed by atoms with Crippen molar-refractivity contribution in [3.05, 3.63) is 34.6 Å². The summed E-state index contributed by atoms with van der Waals surface area (Å²) in [6.45, 7) is 2.07. The van der Waals surface area contributed by atoms with Gasteiger partial charge in [0.25, 0.3) is 0 Å². The fourth-order valence-corrected chi connectivity index (χ4v) is 1.83. The minimum Gasteiger partial charge on any atom is -0.466 e. The predicted octanol–water partition coefficient (Wildman–Crippen LogP) is 4.10. The second-order valence-electron chi connectivity index (χ2n) is 3.48. The molecule has 0 aliphatic heterocycles. The highest BCUT2D eigenvalue weighted by molar-refractivity contribution is 6.30. The maximum absolute atomic E-state index is 13.5. The molecular weight excluding hydrogens is 266 g/mol. The highest BCUT2D eigenvalue weighted by atomic mass is 35.5. The summed E-state index contributed by atoms with van der Waals surface area (Å²) in [7, 11) is 0. The van der Waals surface area contributed by atoms with Crippen LogP contribution in [0.25, 0.3) is 0 Å². The molecule has 1 atom stereocenters. The molecule has 2 nitrogen and oxygen atoms in total. The average molecular weight is 279 g/mol. The Morgan fingerprint density at radius 1 is 1.53 bits per heavy atom. The molecule has 0 N–H and O–H groups in total. The molecule has 0 amide bonds. The smallest absolute Gasteiger partial charge is 0.305 e. The van der Waals surface area contributed by atoms with Crippen molar-refractivity contribution >= 4 is 29.2 Å². The molecule has 0 aromatic heterocycles. The van der Waals surface area contributed by atoms with Gasteiger partial charge in [0.15, 0.2) is 0 Å². The highest BCUT2D eigenvalue weighted by Gasteiger charge is 2.15. The first-order chi connectivity index (χ1) is 8.04. The molecule has 1 rings (SSSR count). The second kappa shape index (κ2) is 6.82. The van der Waals surface area contributed by atoms with Crippen molar-refractivity contribution < 1.29 is 13.9 Å². The summed E-state index contributed by atoms with van der Waals surface area (Å²) in [5.41, 5.74) is 0.348. The van der Waals surface area contributed by atoms with Crippen LogP contribution in [0.1, 0.15) is 30.7 Å². The van der Waals surface area contributed by atoms with Gasteiger partial charge in [-0.1, -0.05) is 17.7 Å². The molecule has 1 aromatic carbocycles. The summed E-state index contributed by atoms with van der Waals surface area (Å²) in [6.07, 6.45) is 0.503. The third-order valence-electron chi connectivity index (χ3n) is 2.21. The fraction of sp³-hybridized carbons (Fsp3) is 0.417. The van der Waals surface area contributed by atoms with E-state index in [2.05, 4.69) is 0 Å². The van der Waals surface area contributed by atoms with E-state index < -0.39 is 11.2 Å². The summed E-state index contributed by atoms with van der Waals surface area (Å²) >= 11 is 11.7. The maximum atomic E-state index is 13.5. The molecule has 94 valence electrons. The number of halogens is 3. The minimum absolute atomic E-state index is 0.171. The molecular formula is C12H13Cl2FO2. The lowest BCUT2D eigenvalue weighted by Crippen LogP contribution is -2.05. The van der Waals surface area contributed by atoms with Crippen LogP contribution in [0.2, 0.25) is 5.02 Å². The van der Waals surface area contributed by atoms with Gasteiger partial charge in [-0.15, -0.1) is 11.6 Å². The number of ether oxygens (including phenoxy) is 1. The number of hydrogen-bond acceptors (Lipinski definition) is 2. The van der Waals surface area contributed by atoms with Crippen LogP contribution in [0.5, 0.6) is 0 Å². The molecule has 1 unspecified atom stereocenters. The van der Waals surface area contributed by atoms with Crippen LogP contribution >= 0.6 is 23.2 Å². The molecule has 0 aliphatic rings. The first-order valence-corrected chi connectivity index (χ1v) is 6.10. The van der Waals surface area contributed by atoms with Gasteiger partial charge in [-0.3, -0.25) is 4.79 Å². The van der Waals surface area contributed by atoms with E-state index >= 15 is 0 Å². The summed E-state index contributed by atoms with van der Waals surface area (Å²) in [4.78, 5) is 11.1. The third kappa shape index (κ3) is 4.52. The molecule has 0 saturated heterocycles. The predicted molar refractivity (Wildman–Crippen MR) is 65.9 cm³/mol. The van der Waals surface area contributed by atoms with Gasteiger partial charge < -0.3 is 4.74 Å². The molecule has 0 spiro atoms. The van der Waals surface area contributed by atoms with Gasteiger partial charge in [-0.2, -0.15) is 0 Å². The largest absolute Gasteiger partial charge is 0.466 e. The van der Waals surface area contributed by atoms with Crippen molar-refractivity contribution in [2.24, 2.45) is 0 Å². The molecule has 0 heterocycles. The van der Waals surface area contributed by atoms with E-state index in [1.165, 1.54) is 12.1 Å². The average Bonchev–Trinajstić information content (AvgIpc) is 2.26. The lowest BCUT2D eigenvalue weighted by molar-refractivity contribution is -0.143. The molecule has 0 saturated carbocycles. The van der Waals surface area contributed by atoms with Crippen molar-refractivity contribution in [2.75, 3.05) is 6.61 Å². The SMILES string of the molecule is CCOC(=O)CCC(Cl)c1ccc(Cl)cc1F. The maximum Gasteiger partial charge on any atom is 0.305 e. The lowest BCUT2D eigenvalue weighted by atomic mass is 10.1. The van der Waals surface area contributed by atoms with Gasteiger partial charge in [-0.25, -0.2) is 4.39 Å². The van der Waals surface area contributed by atoms with Crippen molar-refractivity contribution in [3.63, 3.8) is 0 Å². The standard InChI is InChI=1S/C12H13Cl2FO2/c1-2-17-12(16)6-5-10(14)9-4-3-8(13)7-11(9)15/h3-4,7,10H,2,5-6H2,1H3. The van der Waals surface area contributed by atoms with E-state index in [-0.39, 0.29) is 12.4 Å². The summed E-state index contributed by atoms with van der Waals surface area (Å²) in [5.74, 6) is -0.783. The van der Waals surface area contributed by atoms with E-state index in [1.807, 2.05) is 0 Å². The van der Waals surface area contributed by atoms with E-state index in [4.69, 9.17) is 27.9 Å². The molecule has 5 heteroatoms. The van der Waals surface area contributed by atoms with Gasteiger partial charge in [0.2, 0.25) is 0 Å². The molecule has 0 bridgehead atoms. The van der Waals surface area contributed by atoms with Crippen molar-refractivity contribution in [1.29, 1.82) is 0 Å². The Kier molecular flexibility index (Phi) is 5.72. The number of esters is 1. The van der Waals surface area contributed by atoms with Crippen molar-refractivity contribution in [3.8, 4) is 0 Å². The van der Waals surface area contributed by atoms with Crippen molar-refractivity contribution in [2.45, 2.75) is 25.1 Å². The molecule has 1 aromatic rings. The van der Waals surface area contributed by atoms with Crippen molar-refractivity contribution in [1.82, 2.24) is 0 Å². The fourth-order valence-electron chi connectivity index (χ4n) is 1.39. The Bertz CT molecular complexity index is 396. The molecule has 17 heavy (non-hydrogen) atoms. The summed E-state index contributed by atoms with van der Waals surface area (Å²) in [5, 5.41) is -0.239. The Morgan fingerprint density at radius 3 is 2.82 bits per heavy atom. The number of hydrogen-bond donors (Lipinski definition) is 0. The summed E-state index contributed by atoms with van der Waals surface area (Å²) < 4.78 is 18.3. The van der Waals surface area contributed by atoms with Gasteiger partial charge >= 0.3 is 5.97 Å². The van der Waals surface area contributed by atoms with Crippen LogP contribution in [0.4, 0.5) is 4.39 Å². The van der Waals surface area contributed by atoms with E-state index in [0.717, 1.165) is 0 Å². The zero-order valence-corrected chi connectivity index (χ0v) is 10.9. The topological polar surface area (TPSA) is 26.3 Å². The van der Waals surface area contributed by atoms with Crippen LogP contribution in [0, 0.1) is 5.82 Å². The highest BCUT2D eigenvalue weighted by Crippen LogP contribution is 2.29. The number of benzene rings is 1. The number of alkyl halides is 1. The van der Waals surface area contributed by atoms with Crippen LogP contribution in [-0.2, 0) is 9.53 Å². The Morgan fingerprint density at radius 2 is 2.24 bits per heavy atom. The van der Waals surface area contributed by atoms with Crippen LogP contribution in [0.3, 0.4) is 0 Å². The minimum atomic E-state index is -0.559. The van der Waals surface area contributed by atoms with Gasteiger partial charge in [0.05, 0.1) is 12.0 Å². The van der Waals surface area contributed by atoms with Crippen LogP contribution < -0.4 is 0 Å². The van der Waals surface area contributed by atoms with Crippen LogP contribution in [0.15, 0.2) is 18.2 Å². The van der Waals surface area contributed by atoms with Gasteiger partial charge in [-0.05, 0) is 25.5 Å². The third-order valence-corrected chi connectivity index (χ3v) is 2.90. The summed E-state index contributed by atoms with van der Waals surface area (Å²) in [6, 6.07) is 4.30. The van der Waals surface area contributed by atoms with E-state index in [9.17, 15) is 9.18 Å². The Hall–Kier alpha value is -0.800. The first kappa shape index (κ1) is 14.3. The van der Waals surface area contributed by atoms with Gasteiger partial charge in [0.1, 0.15) is 5.82 Å². The quantitative estimate of drug-likeness (QED) is 0.599. The zero-order valence-electron chi connectivity index (χ0n) is 9.38. The molecule has 0 fully saturated rings. The Labute approximate surface area is 110 Å². The van der Waals surface area contributed by atoms with E-state index in [1.54, 1.807) is 13.0 Å².